The molecule has 0 amide bonds. The molecule has 2 atom stereocenters. The van der Waals surface area contributed by atoms with Gasteiger partial charge in [0, 0.05) is 5.41 Å². The number of rotatable bonds is 7. The number of nitrogens with zero attached hydrogens (tertiary/aromatic N) is 3. The number of aryl methyl sites for hydroxylation is 1. The lowest BCUT2D eigenvalue weighted by Crippen LogP contribution is -2.37. The van der Waals surface area contributed by atoms with Gasteiger partial charge in [-0.1, -0.05) is 18.2 Å². The van der Waals surface area contributed by atoms with E-state index in [0.29, 0.717) is 17.7 Å². The summed E-state index contributed by atoms with van der Waals surface area (Å²) in [5.41, 5.74) is 4.76. The van der Waals surface area contributed by atoms with Crippen LogP contribution in [0.2, 0.25) is 0 Å². The molecule has 2 aromatic rings. The van der Waals surface area contributed by atoms with Crippen LogP contribution in [0.3, 0.4) is 0 Å². The van der Waals surface area contributed by atoms with E-state index >= 15 is 0 Å². The molecule has 0 radical (unpaired) electrons. The van der Waals surface area contributed by atoms with Crippen LogP contribution in [0.25, 0.3) is 0 Å². The summed E-state index contributed by atoms with van der Waals surface area (Å²) in [4.78, 5) is 13.1. The van der Waals surface area contributed by atoms with Crippen molar-refractivity contribution >= 4 is 5.97 Å². The number of hydrogen-bond acceptors (Lipinski definition) is 4. The largest absolute Gasteiger partial charge is 0.480 e. The third kappa shape index (κ3) is 4.01. The second kappa shape index (κ2) is 8.47. The fourth-order valence-corrected chi connectivity index (χ4v) is 4.40. The molecule has 0 aromatic heterocycles. The lowest BCUT2D eigenvalue weighted by molar-refractivity contribution is -0.142. The molecule has 0 fully saturated rings. The molecule has 5 nitrogen and oxygen atoms in total. The highest BCUT2D eigenvalue weighted by Crippen LogP contribution is 2.47. The average Bonchev–Trinajstić information content (AvgIpc) is 3.11. The Morgan fingerprint density at radius 3 is 2.45 bits per heavy atom. The quantitative estimate of drug-likeness (QED) is 0.780. The molecule has 0 saturated carbocycles. The minimum Gasteiger partial charge on any atom is -0.480 e. The summed E-state index contributed by atoms with van der Waals surface area (Å²) in [5.74, 6) is -0.815. The highest BCUT2D eigenvalue weighted by molar-refractivity contribution is 5.72. The smallest absolute Gasteiger partial charge is 0.320 e. The first kappa shape index (κ1) is 20.6. The fraction of sp³-hybridized carbons (Fsp3) is 0.375. The van der Waals surface area contributed by atoms with Gasteiger partial charge in [0.05, 0.1) is 23.3 Å². The number of likely N-dealkylation sites (N-methyl/N-ethyl adjacent to an activating group) is 1. The van der Waals surface area contributed by atoms with E-state index in [9.17, 15) is 15.2 Å². The van der Waals surface area contributed by atoms with Crippen LogP contribution in [0.4, 0.5) is 0 Å². The van der Waals surface area contributed by atoms with E-state index in [1.54, 1.807) is 6.92 Å². The van der Waals surface area contributed by atoms with Gasteiger partial charge in [-0.05, 0) is 87.2 Å². The van der Waals surface area contributed by atoms with E-state index in [1.165, 1.54) is 16.7 Å². The number of aliphatic carboxylic acids is 1. The molecule has 0 aliphatic heterocycles. The molecule has 0 spiro atoms. The van der Waals surface area contributed by atoms with E-state index in [1.807, 2.05) is 48.3 Å². The second-order valence-electron chi connectivity index (χ2n) is 7.85. The first-order chi connectivity index (χ1) is 13.9. The third-order valence-corrected chi connectivity index (χ3v) is 6.27. The predicted molar refractivity (Wildman–Crippen MR) is 110 cm³/mol. The maximum absolute atomic E-state index is 11.2. The van der Waals surface area contributed by atoms with Crippen molar-refractivity contribution in [2.45, 2.75) is 44.1 Å². The number of nitriles is 2. The molecule has 0 saturated heterocycles. The molecule has 2 unspecified atom stereocenters. The summed E-state index contributed by atoms with van der Waals surface area (Å²) in [6, 6.07) is 17.6. The molecule has 0 heterocycles. The summed E-state index contributed by atoms with van der Waals surface area (Å²) in [5, 5.41) is 27.6. The zero-order valence-electron chi connectivity index (χ0n) is 16.9. The molecule has 148 valence electrons. The Hall–Kier alpha value is -3.15. The highest BCUT2D eigenvalue weighted by Gasteiger charge is 2.40. The zero-order chi connectivity index (χ0) is 21.0. The van der Waals surface area contributed by atoms with Crippen LogP contribution in [0, 0.1) is 22.7 Å². The molecule has 0 bridgehead atoms. The topological polar surface area (TPSA) is 88.1 Å². The Kier molecular flexibility index (Phi) is 6.01. The molecule has 1 aliphatic carbocycles. The van der Waals surface area contributed by atoms with Crippen molar-refractivity contribution in [3.05, 3.63) is 70.3 Å². The highest BCUT2D eigenvalue weighted by atomic mass is 16.4. The van der Waals surface area contributed by atoms with E-state index < -0.39 is 12.0 Å². The van der Waals surface area contributed by atoms with Gasteiger partial charge in [0.15, 0.2) is 0 Å². The first-order valence-corrected chi connectivity index (χ1v) is 9.88. The SMILES string of the molecule is CC(C(=O)O)N(C)CCCC1(c2ccc(C#N)cc2)CCc2cc(C#N)ccc21. The van der Waals surface area contributed by atoms with Crippen LogP contribution < -0.4 is 0 Å². The van der Waals surface area contributed by atoms with E-state index in [4.69, 9.17) is 5.26 Å². The molecule has 3 rings (SSSR count). The molecule has 29 heavy (non-hydrogen) atoms. The third-order valence-electron chi connectivity index (χ3n) is 6.27. The van der Waals surface area contributed by atoms with Gasteiger partial charge in [0.2, 0.25) is 0 Å². The van der Waals surface area contributed by atoms with Gasteiger partial charge in [-0.15, -0.1) is 0 Å². The van der Waals surface area contributed by atoms with Crippen LogP contribution in [0.15, 0.2) is 42.5 Å². The van der Waals surface area contributed by atoms with Crippen molar-refractivity contribution in [2.75, 3.05) is 13.6 Å². The molecule has 2 aromatic carbocycles. The van der Waals surface area contributed by atoms with Crippen LogP contribution in [-0.2, 0) is 16.6 Å². The number of carboxylic acid groups (broad SMARTS) is 1. The number of fused-ring (bicyclic) bond motifs is 1. The summed E-state index contributed by atoms with van der Waals surface area (Å²) >= 11 is 0. The average molecular weight is 387 g/mol. The van der Waals surface area contributed by atoms with Crippen LogP contribution in [-0.4, -0.2) is 35.6 Å². The van der Waals surface area contributed by atoms with Crippen molar-refractivity contribution < 1.29 is 9.90 Å². The number of carboxylic acids is 1. The summed E-state index contributed by atoms with van der Waals surface area (Å²) in [6.07, 6.45) is 3.59. The standard InChI is InChI=1S/C24H25N3O2/c1-17(23(28)29)27(2)13-3-11-24(21-7-4-18(15-25)5-8-21)12-10-20-14-19(16-26)6-9-22(20)24/h4-9,14,17H,3,10-13H2,1-2H3,(H,28,29). The Labute approximate surface area is 171 Å². The number of hydrogen-bond donors (Lipinski definition) is 1. The van der Waals surface area contributed by atoms with Gasteiger partial charge in [0.1, 0.15) is 6.04 Å². The van der Waals surface area contributed by atoms with Gasteiger partial charge < -0.3 is 5.11 Å². The molecular formula is C24H25N3O2. The molecule has 1 N–H and O–H groups in total. The van der Waals surface area contributed by atoms with Gasteiger partial charge in [0.25, 0.3) is 0 Å². The van der Waals surface area contributed by atoms with Crippen molar-refractivity contribution in [1.82, 2.24) is 4.90 Å². The van der Waals surface area contributed by atoms with Gasteiger partial charge in [-0.2, -0.15) is 10.5 Å². The summed E-state index contributed by atoms with van der Waals surface area (Å²) < 4.78 is 0. The molecule has 5 heteroatoms. The van der Waals surface area contributed by atoms with Gasteiger partial charge >= 0.3 is 5.97 Å². The molecular weight excluding hydrogens is 362 g/mol. The second-order valence-corrected chi connectivity index (χ2v) is 7.85. The Bertz CT molecular complexity index is 985. The fourth-order valence-electron chi connectivity index (χ4n) is 4.40. The van der Waals surface area contributed by atoms with Crippen LogP contribution in [0.1, 0.15) is 54.0 Å². The summed E-state index contributed by atoms with van der Waals surface area (Å²) in [6.45, 7) is 2.39. The minimum atomic E-state index is -0.815. The zero-order valence-corrected chi connectivity index (χ0v) is 16.9. The lowest BCUT2D eigenvalue weighted by Gasteiger charge is -2.33. The van der Waals surface area contributed by atoms with Crippen molar-refractivity contribution in [2.24, 2.45) is 0 Å². The lowest BCUT2D eigenvalue weighted by atomic mass is 9.72. The van der Waals surface area contributed by atoms with Crippen molar-refractivity contribution in [3.8, 4) is 12.1 Å². The van der Waals surface area contributed by atoms with Crippen molar-refractivity contribution in [3.63, 3.8) is 0 Å². The van der Waals surface area contributed by atoms with Crippen LogP contribution in [0.5, 0.6) is 0 Å². The minimum absolute atomic E-state index is 0.176. The van der Waals surface area contributed by atoms with Gasteiger partial charge in [-0.25, -0.2) is 0 Å². The summed E-state index contributed by atoms with van der Waals surface area (Å²) in [7, 11) is 1.84. The van der Waals surface area contributed by atoms with E-state index in [-0.39, 0.29) is 5.41 Å². The Morgan fingerprint density at radius 1 is 1.17 bits per heavy atom. The monoisotopic (exact) mass is 387 g/mol. The number of carbonyl (C=O) groups is 1. The van der Waals surface area contributed by atoms with Crippen LogP contribution >= 0.6 is 0 Å². The van der Waals surface area contributed by atoms with Gasteiger partial charge in [-0.3, -0.25) is 9.69 Å². The Balaban J connectivity index is 1.91. The maximum atomic E-state index is 11.2. The number of benzene rings is 2. The molecule has 1 aliphatic rings. The van der Waals surface area contributed by atoms with E-state index in [0.717, 1.165) is 25.7 Å². The first-order valence-electron chi connectivity index (χ1n) is 9.88. The van der Waals surface area contributed by atoms with Crippen molar-refractivity contribution in [1.29, 1.82) is 10.5 Å². The predicted octanol–water partition coefficient (Wildman–Crippen LogP) is 3.85. The maximum Gasteiger partial charge on any atom is 0.320 e. The van der Waals surface area contributed by atoms with E-state index in [2.05, 4.69) is 18.2 Å². The normalized spacial score (nSPS) is 18.7. The Morgan fingerprint density at radius 2 is 1.83 bits per heavy atom.